The number of para-hydroxylation sites is 1. The van der Waals surface area contributed by atoms with E-state index in [2.05, 4.69) is 151 Å². The van der Waals surface area contributed by atoms with Gasteiger partial charge in [-0.25, -0.2) is 0 Å². The molecule has 0 saturated heterocycles. The molecule has 1 aromatic heterocycles. The molecule has 0 fully saturated rings. The lowest BCUT2D eigenvalue weighted by atomic mass is 9.89. The Bertz CT molecular complexity index is 2420. The number of fused-ring (bicyclic) bond motifs is 9. The average molecular weight is 564 g/mol. The lowest BCUT2D eigenvalue weighted by Gasteiger charge is -2.20. The van der Waals surface area contributed by atoms with E-state index in [1.54, 1.807) is 0 Å². The Morgan fingerprint density at radius 2 is 1.18 bits per heavy atom. The van der Waals surface area contributed by atoms with Gasteiger partial charge in [-0.05, 0) is 86.3 Å². The molecule has 1 aliphatic carbocycles. The zero-order chi connectivity index (χ0) is 29.0. The molecule has 0 spiro atoms. The molecule has 1 unspecified atom stereocenters. The van der Waals surface area contributed by atoms with Crippen molar-refractivity contribution in [2.45, 2.75) is 12.3 Å². The van der Waals surface area contributed by atoms with Gasteiger partial charge < -0.3 is 9.73 Å². The monoisotopic (exact) mass is 563 g/mol. The Morgan fingerprint density at radius 1 is 0.523 bits per heavy atom. The Morgan fingerprint density at radius 3 is 1.93 bits per heavy atom. The van der Waals surface area contributed by atoms with E-state index in [0.717, 1.165) is 39.7 Å². The third-order valence-corrected chi connectivity index (χ3v) is 9.16. The molecular formula is C42H29NO. The van der Waals surface area contributed by atoms with Gasteiger partial charge in [-0.2, -0.15) is 0 Å². The van der Waals surface area contributed by atoms with Gasteiger partial charge in [0.05, 0.1) is 0 Å². The van der Waals surface area contributed by atoms with Gasteiger partial charge in [0, 0.05) is 33.6 Å². The molecule has 2 nitrogen and oxygen atoms in total. The van der Waals surface area contributed by atoms with Crippen LogP contribution < -0.4 is 5.32 Å². The maximum absolute atomic E-state index is 6.52. The lowest BCUT2D eigenvalue weighted by molar-refractivity contribution is 0.658. The summed E-state index contributed by atoms with van der Waals surface area (Å²) in [5, 5.41) is 13.9. The molecule has 0 saturated carbocycles. The Balaban J connectivity index is 1.16. The zero-order valence-corrected chi connectivity index (χ0v) is 24.1. The minimum atomic E-state index is 0.235. The molecule has 0 bridgehead atoms. The molecule has 1 aliphatic rings. The highest BCUT2D eigenvalue weighted by Crippen LogP contribution is 2.42. The maximum Gasteiger partial charge on any atom is 0.141 e. The number of nitrogens with one attached hydrogen (secondary N) is 1. The van der Waals surface area contributed by atoms with E-state index in [0.29, 0.717) is 0 Å². The normalized spacial score (nSPS) is 14.8. The standard InChI is InChI=1S/C42H29NO/c1-2-11-27(12-3-1)41-39(24-23-37-36-19-8-9-20-40(36)44-42(37)41)43-30-14-10-13-28(25-30)29-21-22-35-33-17-5-4-15-31(33)32-16-6-7-18-34(32)38(35)26-29/h1-11,13-27,43H,12H2. The molecule has 0 aliphatic heterocycles. The Kier molecular flexibility index (Phi) is 5.67. The minimum absolute atomic E-state index is 0.235. The zero-order valence-electron chi connectivity index (χ0n) is 24.1. The van der Waals surface area contributed by atoms with Crippen molar-refractivity contribution in [2.24, 2.45) is 0 Å². The first-order chi connectivity index (χ1) is 21.8. The maximum atomic E-state index is 6.52. The third-order valence-electron chi connectivity index (χ3n) is 9.16. The molecule has 7 aromatic carbocycles. The molecule has 0 amide bonds. The molecule has 1 heterocycles. The van der Waals surface area contributed by atoms with Crippen molar-refractivity contribution in [1.82, 2.24) is 0 Å². The molecule has 208 valence electrons. The number of anilines is 2. The van der Waals surface area contributed by atoms with Gasteiger partial charge in [-0.15, -0.1) is 0 Å². The van der Waals surface area contributed by atoms with E-state index in [1.807, 2.05) is 6.07 Å². The first-order valence-electron chi connectivity index (χ1n) is 15.3. The fraction of sp³-hybridized carbons (Fsp3) is 0.0476. The van der Waals surface area contributed by atoms with Crippen LogP contribution in [0.1, 0.15) is 17.9 Å². The summed E-state index contributed by atoms with van der Waals surface area (Å²) < 4.78 is 6.52. The summed E-state index contributed by atoms with van der Waals surface area (Å²) in [6.07, 6.45) is 9.74. The van der Waals surface area contributed by atoms with Crippen molar-refractivity contribution >= 4 is 65.6 Å². The van der Waals surface area contributed by atoms with Gasteiger partial charge in [0.15, 0.2) is 0 Å². The van der Waals surface area contributed by atoms with Gasteiger partial charge in [-0.3, -0.25) is 0 Å². The lowest BCUT2D eigenvalue weighted by Crippen LogP contribution is -2.03. The molecule has 44 heavy (non-hydrogen) atoms. The van der Waals surface area contributed by atoms with E-state index in [4.69, 9.17) is 4.42 Å². The molecule has 8 aromatic rings. The highest BCUT2D eigenvalue weighted by Gasteiger charge is 2.21. The van der Waals surface area contributed by atoms with Gasteiger partial charge in [0.2, 0.25) is 0 Å². The van der Waals surface area contributed by atoms with E-state index >= 15 is 0 Å². The highest BCUT2D eigenvalue weighted by atomic mass is 16.3. The summed E-state index contributed by atoms with van der Waals surface area (Å²) in [5.74, 6) is 0.235. The Labute approximate surface area is 255 Å². The quantitative estimate of drug-likeness (QED) is 0.215. The van der Waals surface area contributed by atoms with Crippen LogP contribution in [0.2, 0.25) is 0 Å². The summed E-state index contributed by atoms with van der Waals surface area (Å²) in [6, 6.07) is 45.9. The summed E-state index contributed by atoms with van der Waals surface area (Å²) >= 11 is 0. The van der Waals surface area contributed by atoms with Crippen LogP contribution >= 0.6 is 0 Å². The Hall–Kier alpha value is -5.60. The second-order valence-electron chi connectivity index (χ2n) is 11.7. The van der Waals surface area contributed by atoms with Crippen molar-refractivity contribution in [3.05, 3.63) is 157 Å². The van der Waals surface area contributed by atoms with Crippen LogP contribution in [0.5, 0.6) is 0 Å². The van der Waals surface area contributed by atoms with Gasteiger partial charge in [0.25, 0.3) is 0 Å². The SMILES string of the molecule is C1=CCC(c2c(Nc3cccc(-c4ccc5c6ccccc6c6ccccc6c5c4)c3)ccc3c2oc2ccccc23)C=C1. The first-order valence-corrected chi connectivity index (χ1v) is 15.3. The molecular weight excluding hydrogens is 534 g/mol. The second-order valence-corrected chi connectivity index (χ2v) is 11.7. The summed E-state index contributed by atoms with van der Waals surface area (Å²) in [4.78, 5) is 0. The van der Waals surface area contributed by atoms with Crippen LogP contribution in [0, 0.1) is 0 Å². The van der Waals surface area contributed by atoms with Crippen LogP contribution in [0.3, 0.4) is 0 Å². The topological polar surface area (TPSA) is 25.2 Å². The number of hydrogen-bond acceptors (Lipinski definition) is 2. The van der Waals surface area contributed by atoms with Crippen LogP contribution in [-0.4, -0.2) is 0 Å². The smallest absolute Gasteiger partial charge is 0.141 e. The summed E-state index contributed by atoms with van der Waals surface area (Å²) in [7, 11) is 0. The predicted molar refractivity (Wildman–Crippen MR) is 187 cm³/mol. The van der Waals surface area contributed by atoms with Crippen molar-refractivity contribution < 1.29 is 4.42 Å². The molecule has 0 radical (unpaired) electrons. The second kappa shape index (κ2) is 10.00. The number of hydrogen-bond donors (Lipinski definition) is 1. The number of allylic oxidation sites excluding steroid dienone is 4. The van der Waals surface area contributed by atoms with E-state index in [1.165, 1.54) is 49.0 Å². The fourth-order valence-electron chi connectivity index (χ4n) is 7.10. The first kappa shape index (κ1) is 24.9. The van der Waals surface area contributed by atoms with Crippen LogP contribution in [0.25, 0.3) is 65.4 Å². The average Bonchev–Trinajstić information content (AvgIpc) is 3.47. The summed E-state index contributed by atoms with van der Waals surface area (Å²) in [6.45, 7) is 0. The largest absolute Gasteiger partial charge is 0.456 e. The van der Waals surface area contributed by atoms with Crippen LogP contribution in [-0.2, 0) is 0 Å². The van der Waals surface area contributed by atoms with Crippen molar-refractivity contribution in [3.8, 4) is 11.1 Å². The van der Waals surface area contributed by atoms with Crippen LogP contribution in [0.4, 0.5) is 11.4 Å². The molecule has 2 heteroatoms. The predicted octanol–water partition coefficient (Wildman–Crippen LogP) is 12.1. The molecule has 9 rings (SSSR count). The number of benzene rings is 7. The fourth-order valence-corrected chi connectivity index (χ4v) is 7.10. The van der Waals surface area contributed by atoms with Crippen LogP contribution in [0.15, 0.2) is 156 Å². The summed E-state index contributed by atoms with van der Waals surface area (Å²) in [5.41, 5.74) is 7.61. The van der Waals surface area contributed by atoms with Crippen molar-refractivity contribution in [1.29, 1.82) is 0 Å². The van der Waals surface area contributed by atoms with E-state index in [-0.39, 0.29) is 5.92 Å². The van der Waals surface area contributed by atoms with Gasteiger partial charge in [0.1, 0.15) is 11.2 Å². The third kappa shape index (κ3) is 3.95. The molecule has 1 N–H and O–H groups in total. The van der Waals surface area contributed by atoms with Gasteiger partial charge in [-0.1, -0.05) is 115 Å². The highest BCUT2D eigenvalue weighted by molar-refractivity contribution is 6.25. The molecule has 1 atom stereocenters. The number of furan rings is 1. The van der Waals surface area contributed by atoms with Gasteiger partial charge >= 0.3 is 0 Å². The minimum Gasteiger partial charge on any atom is -0.456 e. The van der Waals surface area contributed by atoms with E-state index < -0.39 is 0 Å². The van der Waals surface area contributed by atoms with Crippen molar-refractivity contribution in [2.75, 3.05) is 5.32 Å². The van der Waals surface area contributed by atoms with Crippen molar-refractivity contribution in [3.63, 3.8) is 0 Å². The number of rotatable bonds is 4. The van der Waals surface area contributed by atoms with E-state index in [9.17, 15) is 0 Å².